The summed E-state index contributed by atoms with van der Waals surface area (Å²) in [6.07, 6.45) is -2.43. The third-order valence-corrected chi connectivity index (χ3v) is 13.7. The molecule has 62 heavy (non-hydrogen) atoms. The van der Waals surface area contributed by atoms with Gasteiger partial charge in [0.15, 0.2) is 0 Å². The molecule has 6 rings (SSSR count). The van der Waals surface area contributed by atoms with Crippen LogP contribution in [-0.2, 0) is 33.9 Å². The number of methoxy groups -OCH3 is 1. The SMILES string of the molecule is CC.CC.CC[C@@H]1O[C@H](C)CC/C=C\[C@@H]2C[C@@]2(C(=O)NS(=O)(=O)C2(C)CC2)NC(=O)[C@@H]2C[C@@H](Oc3ncc(OC)c4ccccc34)CN2C(=O)[C@H]1NC(=O)OC(C)(C)C(F)(F)F.[HH].[HH].[HH]. The number of fused-ring (bicyclic) bond motifs is 3. The van der Waals surface area contributed by atoms with E-state index in [0.29, 0.717) is 56.1 Å². The second kappa shape index (κ2) is 19.8. The number of hydrogen-bond donors (Lipinski definition) is 3. The molecule has 0 radical (unpaired) electrons. The van der Waals surface area contributed by atoms with E-state index in [4.69, 9.17) is 18.9 Å². The van der Waals surface area contributed by atoms with Crippen LogP contribution < -0.4 is 24.8 Å². The molecule has 2 aliphatic heterocycles. The van der Waals surface area contributed by atoms with Gasteiger partial charge in [-0.15, -0.1) is 0 Å². The summed E-state index contributed by atoms with van der Waals surface area (Å²) in [5.41, 5.74) is -4.60. The van der Waals surface area contributed by atoms with Gasteiger partial charge in [-0.1, -0.05) is 65.0 Å². The van der Waals surface area contributed by atoms with Crippen molar-refractivity contribution in [3.63, 3.8) is 0 Å². The van der Waals surface area contributed by atoms with Crippen LogP contribution in [0.2, 0.25) is 0 Å². The Morgan fingerprint density at radius 1 is 1.10 bits per heavy atom. The Bertz CT molecular complexity index is 2100. The Kier molecular flexibility index (Phi) is 16.0. The van der Waals surface area contributed by atoms with Gasteiger partial charge in [0.1, 0.15) is 29.5 Å². The minimum atomic E-state index is -4.94. The largest absolute Gasteiger partial charge is 0.494 e. The van der Waals surface area contributed by atoms with Crippen molar-refractivity contribution in [1.29, 1.82) is 0 Å². The Labute approximate surface area is 366 Å². The van der Waals surface area contributed by atoms with Crippen molar-refractivity contribution in [1.82, 2.24) is 25.2 Å². The van der Waals surface area contributed by atoms with E-state index in [-0.39, 0.29) is 36.0 Å². The van der Waals surface area contributed by atoms with E-state index < -0.39 is 92.2 Å². The number of rotatable bonds is 9. The first-order valence-electron chi connectivity index (χ1n) is 21.3. The molecule has 0 bridgehead atoms. The minimum Gasteiger partial charge on any atom is -0.494 e. The Morgan fingerprint density at radius 2 is 1.74 bits per heavy atom. The van der Waals surface area contributed by atoms with Crippen molar-refractivity contribution in [2.45, 2.75) is 160 Å². The number of halogens is 3. The molecule has 2 aliphatic carbocycles. The number of alkyl halides is 3. The Morgan fingerprint density at radius 3 is 2.34 bits per heavy atom. The molecule has 19 heteroatoms. The number of aromatic nitrogens is 1. The van der Waals surface area contributed by atoms with Crippen LogP contribution in [0.3, 0.4) is 0 Å². The number of carbonyl (C=O) groups excluding carboxylic acids is 4. The molecule has 4 amide bonds. The quantitative estimate of drug-likeness (QED) is 0.215. The van der Waals surface area contributed by atoms with E-state index >= 15 is 0 Å². The lowest BCUT2D eigenvalue weighted by atomic mass is 10.0. The second-order valence-corrected chi connectivity index (χ2v) is 18.4. The van der Waals surface area contributed by atoms with Gasteiger partial charge in [0.25, 0.3) is 5.91 Å². The van der Waals surface area contributed by atoms with Crippen LogP contribution in [0.1, 0.15) is 112 Å². The van der Waals surface area contributed by atoms with E-state index in [0.717, 1.165) is 4.90 Å². The molecule has 0 spiro atoms. The summed E-state index contributed by atoms with van der Waals surface area (Å²) in [7, 11) is -2.60. The molecule has 3 fully saturated rings. The fourth-order valence-corrected chi connectivity index (χ4v) is 8.62. The van der Waals surface area contributed by atoms with Crippen LogP contribution in [0.4, 0.5) is 18.0 Å². The number of pyridine rings is 1. The number of benzene rings is 1. The third kappa shape index (κ3) is 10.7. The highest BCUT2D eigenvalue weighted by Crippen LogP contribution is 2.47. The van der Waals surface area contributed by atoms with Gasteiger partial charge in [-0.3, -0.25) is 19.1 Å². The van der Waals surface area contributed by atoms with Crippen molar-refractivity contribution in [2.24, 2.45) is 5.92 Å². The zero-order valence-electron chi connectivity index (χ0n) is 37.2. The molecule has 1 saturated heterocycles. The maximum atomic E-state index is 14.8. The third-order valence-electron chi connectivity index (χ3n) is 11.5. The molecule has 3 N–H and O–H groups in total. The molecule has 2 aromatic rings. The van der Waals surface area contributed by atoms with Gasteiger partial charge in [0.05, 0.1) is 36.8 Å². The van der Waals surface area contributed by atoms with Gasteiger partial charge in [0.2, 0.25) is 33.3 Å². The lowest BCUT2D eigenvalue weighted by Gasteiger charge is -2.35. The van der Waals surface area contributed by atoms with E-state index in [1.54, 1.807) is 50.3 Å². The van der Waals surface area contributed by atoms with Crippen LogP contribution in [0, 0.1) is 5.92 Å². The van der Waals surface area contributed by atoms with Crippen molar-refractivity contribution in [3.05, 3.63) is 42.6 Å². The van der Waals surface area contributed by atoms with E-state index in [1.807, 2.05) is 27.7 Å². The fourth-order valence-electron chi connectivity index (χ4n) is 7.30. The fraction of sp³-hybridized carbons (Fsp3) is 0.651. The average molecular weight is 904 g/mol. The van der Waals surface area contributed by atoms with Gasteiger partial charge in [-0.25, -0.2) is 18.2 Å². The zero-order valence-corrected chi connectivity index (χ0v) is 38.0. The molecule has 1 aromatic carbocycles. The molecule has 4 aliphatic rings. The molecular weight excluding hydrogens is 836 g/mol. The smallest absolute Gasteiger partial charge is 0.427 e. The van der Waals surface area contributed by atoms with E-state index in [2.05, 4.69) is 20.3 Å². The predicted octanol–water partition coefficient (Wildman–Crippen LogP) is 7.22. The van der Waals surface area contributed by atoms with Gasteiger partial charge in [0, 0.05) is 27.4 Å². The van der Waals surface area contributed by atoms with Crippen molar-refractivity contribution in [2.75, 3.05) is 13.7 Å². The van der Waals surface area contributed by atoms with E-state index in [1.165, 1.54) is 20.2 Å². The van der Waals surface area contributed by atoms with Crippen LogP contribution >= 0.6 is 0 Å². The molecule has 0 unspecified atom stereocenters. The molecule has 352 valence electrons. The number of sulfonamides is 1. The van der Waals surface area contributed by atoms with Crippen molar-refractivity contribution in [3.8, 4) is 11.6 Å². The molecule has 3 heterocycles. The summed E-state index contributed by atoms with van der Waals surface area (Å²) in [5, 5.41) is 6.32. The lowest BCUT2D eigenvalue weighted by Crippen LogP contribution is -2.61. The standard InChI is InChI=1S/C39H50F3N5O10S.2C2H6.3H2/c1-7-28-30(44-35(51)57-36(3,4)39(40,41)42)33(49)47-21-24(56-32-26-15-11-10-14-25(26)29(54-6)20-43-32)18-27(47)31(48)45-38(19-23(38)13-9-8-12-22(2)55-28)34(50)46-58(52,53)37(5)16-17-37;2*1-2;;;/h9-11,13-15,20,22-24,27-28,30H,7-8,12,16-19,21H2,1-6H3,(H,44,51)(H,45,48)(H,46,50);2*1-2H3;3*1H/b13-9-;;;;;/t22-,23-,24-,27+,28+,30+,38-;;;;;/m1...../s1. The number of alkyl carbamates (subject to hydrolysis) is 1. The topological polar surface area (TPSA) is 192 Å². The number of ether oxygens (including phenoxy) is 4. The second-order valence-electron chi connectivity index (χ2n) is 16.2. The van der Waals surface area contributed by atoms with Gasteiger partial charge in [-0.2, -0.15) is 13.2 Å². The summed E-state index contributed by atoms with van der Waals surface area (Å²) in [6.45, 7) is 14.0. The number of allylic oxidation sites excluding steroid dienone is 1. The summed E-state index contributed by atoms with van der Waals surface area (Å²) in [5.74, 6) is -2.57. The maximum Gasteiger partial charge on any atom is 0.427 e. The molecule has 2 saturated carbocycles. The monoisotopic (exact) mass is 903 g/mol. The Balaban J connectivity index is 0.00000294. The summed E-state index contributed by atoms with van der Waals surface area (Å²) in [4.78, 5) is 61.9. The first-order chi connectivity index (χ1) is 29.1. The van der Waals surface area contributed by atoms with Crippen LogP contribution in [0.5, 0.6) is 11.6 Å². The molecule has 1 aromatic heterocycles. The summed E-state index contributed by atoms with van der Waals surface area (Å²) >= 11 is 0. The number of carbonyl (C=O) groups is 4. The van der Waals surface area contributed by atoms with Gasteiger partial charge in [-0.05, 0) is 72.3 Å². The number of amides is 4. The van der Waals surface area contributed by atoms with Crippen LogP contribution in [0.25, 0.3) is 10.8 Å². The lowest BCUT2D eigenvalue weighted by molar-refractivity contribution is -0.244. The van der Waals surface area contributed by atoms with E-state index in [9.17, 15) is 40.8 Å². The van der Waals surface area contributed by atoms with Crippen molar-refractivity contribution >= 4 is 44.6 Å². The summed E-state index contributed by atoms with van der Waals surface area (Å²) in [6, 6.07) is 4.10. The predicted molar refractivity (Wildman–Crippen MR) is 232 cm³/mol. The number of hydrogen-bond acceptors (Lipinski definition) is 11. The molecule has 15 nitrogen and oxygen atoms in total. The van der Waals surface area contributed by atoms with Crippen LogP contribution in [-0.4, -0.2) is 108 Å². The summed E-state index contributed by atoms with van der Waals surface area (Å²) < 4.78 is 91.6. The minimum absolute atomic E-state index is 0. The first kappa shape index (κ1) is 50.0. The van der Waals surface area contributed by atoms with Gasteiger partial charge < -0.3 is 34.5 Å². The zero-order chi connectivity index (χ0) is 46.4. The molecule has 7 atom stereocenters. The number of nitrogens with zero attached hydrogens (tertiary/aromatic N) is 2. The van der Waals surface area contributed by atoms with Crippen molar-refractivity contribution < 1.29 is 64.0 Å². The normalized spacial score (nSPS) is 27.7. The first-order valence-corrected chi connectivity index (χ1v) is 22.8. The van der Waals surface area contributed by atoms with Gasteiger partial charge >= 0.3 is 12.3 Å². The maximum absolute atomic E-state index is 14.8. The highest BCUT2D eigenvalue weighted by Gasteiger charge is 2.63. The average Bonchev–Trinajstić information content (AvgIpc) is 4.11. The highest BCUT2D eigenvalue weighted by molar-refractivity contribution is 7.91. The van der Waals surface area contributed by atoms with Crippen LogP contribution in [0.15, 0.2) is 42.6 Å². The Hall–Kier alpha value is -4.65. The highest BCUT2D eigenvalue weighted by atomic mass is 32.2. The molecular formula is C43H68F3N5O10S. The number of nitrogens with one attached hydrogen (secondary N) is 3.